The van der Waals surface area contributed by atoms with Crippen LogP contribution in [0, 0.1) is 11.3 Å². The summed E-state index contributed by atoms with van der Waals surface area (Å²) in [6, 6.07) is 2.52. The van der Waals surface area contributed by atoms with Crippen LogP contribution in [-0.4, -0.2) is 68.1 Å². The fraction of sp³-hybridized carbons (Fsp3) is 0.581. The number of anilines is 1. The number of aromatic nitrogens is 5. The van der Waals surface area contributed by atoms with Crippen molar-refractivity contribution in [2.45, 2.75) is 81.9 Å². The molecular formula is C31H36N8O4S. The fourth-order valence-corrected chi connectivity index (χ4v) is 9.29. The van der Waals surface area contributed by atoms with Gasteiger partial charge in [0.05, 0.1) is 30.5 Å². The summed E-state index contributed by atoms with van der Waals surface area (Å²) in [6.45, 7) is 3.99. The summed E-state index contributed by atoms with van der Waals surface area (Å²) in [6.07, 6.45) is 7.34. The maximum Gasteiger partial charge on any atom is 0.330 e. The van der Waals surface area contributed by atoms with Gasteiger partial charge in [-0.2, -0.15) is 10.2 Å². The number of rotatable bonds is 5. The first-order valence-corrected chi connectivity index (χ1v) is 16.4. The van der Waals surface area contributed by atoms with E-state index in [2.05, 4.69) is 24.9 Å². The number of likely N-dealkylation sites (N-methyl/N-ethyl adjacent to an activating group) is 1. The molecule has 2 N–H and O–H groups in total. The van der Waals surface area contributed by atoms with E-state index in [9.17, 15) is 10.1 Å². The van der Waals surface area contributed by atoms with Crippen molar-refractivity contribution in [3.05, 3.63) is 37.7 Å². The maximum atomic E-state index is 13.5. The molecule has 4 aromatic rings. The first-order chi connectivity index (χ1) is 21.3. The molecule has 4 aromatic heterocycles. The summed E-state index contributed by atoms with van der Waals surface area (Å²) in [5, 5.41) is 15.4. The number of fused-ring (bicyclic) bond motifs is 5. The maximum absolute atomic E-state index is 13.5. The molecule has 1 spiro atoms. The highest BCUT2D eigenvalue weighted by atomic mass is 32.1. The van der Waals surface area contributed by atoms with Gasteiger partial charge in [-0.1, -0.05) is 5.16 Å². The molecular weight excluding hydrogens is 580 g/mol. The van der Waals surface area contributed by atoms with Crippen LogP contribution in [0.4, 0.5) is 5.00 Å². The first kappa shape index (κ1) is 27.8. The predicted molar refractivity (Wildman–Crippen MR) is 164 cm³/mol. The second kappa shape index (κ2) is 10.2. The summed E-state index contributed by atoms with van der Waals surface area (Å²) in [5.74, 6) is 1.22. The number of nitriles is 1. The Bertz CT molecular complexity index is 1890. The average Bonchev–Trinajstić information content (AvgIpc) is 3.74. The van der Waals surface area contributed by atoms with Crippen LogP contribution in [0.3, 0.4) is 0 Å². The number of ether oxygens (including phenoxy) is 2. The predicted octanol–water partition coefficient (Wildman–Crippen LogP) is 3.69. The molecule has 4 aliphatic rings. The minimum Gasteiger partial charge on any atom is -0.471 e. The van der Waals surface area contributed by atoms with Crippen LogP contribution in [0.5, 0.6) is 5.88 Å². The van der Waals surface area contributed by atoms with E-state index >= 15 is 0 Å². The molecule has 2 aliphatic carbocycles. The lowest BCUT2D eigenvalue weighted by Crippen LogP contribution is -2.38. The van der Waals surface area contributed by atoms with Gasteiger partial charge in [-0.05, 0) is 77.4 Å². The molecule has 2 saturated heterocycles. The van der Waals surface area contributed by atoms with Gasteiger partial charge in [-0.3, -0.25) is 14.0 Å². The number of nitrogen functional groups attached to an aromatic ring is 1. The fourth-order valence-electron chi connectivity index (χ4n) is 8.13. The molecule has 0 bridgehead atoms. The van der Waals surface area contributed by atoms with E-state index < -0.39 is 5.41 Å². The molecule has 0 radical (unpaired) electrons. The van der Waals surface area contributed by atoms with Gasteiger partial charge < -0.3 is 19.7 Å². The van der Waals surface area contributed by atoms with Crippen LogP contribution in [0.1, 0.15) is 78.8 Å². The minimum absolute atomic E-state index is 0.110. The van der Waals surface area contributed by atoms with E-state index in [0.717, 1.165) is 74.7 Å². The van der Waals surface area contributed by atoms with Crippen molar-refractivity contribution in [1.29, 1.82) is 5.26 Å². The molecule has 0 saturated carbocycles. The summed E-state index contributed by atoms with van der Waals surface area (Å²) >= 11 is 1.53. The molecule has 44 heavy (non-hydrogen) atoms. The van der Waals surface area contributed by atoms with Gasteiger partial charge in [0, 0.05) is 28.9 Å². The molecule has 6 heterocycles. The zero-order valence-corrected chi connectivity index (χ0v) is 26.1. The number of thiophene rings is 1. The average molecular weight is 617 g/mol. The van der Waals surface area contributed by atoms with Crippen molar-refractivity contribution in [2.24, 2.45) is 7.05 Å². The quantitative estimate of drug-likeness (QED) is 0.352. The number of nitrogens with zero attached hydrogens (tertiary/aromatic N) is 7. The second-order valence-electron chi connectivity index (χ2n) is 12.8. The number of likely N-dealkylation sites (tertiary alicyclic amines) is 1. The molecule has 8 rings (SSSR count). The third-order valence-corrected chi connectivity index (χ3v) is 11.5. The topological polar surface area (TPSA) is 150 Å². The lowest BCUT2D eigenvalue weighted by atomic mass is 9.62. The normalized spacial score (nSPS) is 24.3. The van der Waals surface area contributed by atoms with Gasteiger partial charge in [0.2, 0.25) is 17.5 Å². The van der Waals surface area contributed by atoms with Gasteiger partial charge in [-0.15, -0.1) is 11.3 Å². The lowest BCUT2D eigenvalue weighted by Gasteiger charge is -2.39. The minimum atomic E-state index is -0.425. The Morgan fingerprint density at radius 3 is 2.68 bits per heavy atom. The van der Waals surface area contributed by atoms with Crippen LogP contribution in [0.2, 0.25) is 0 Å². The molecule has 0 unspecified atom stereocenters. The monoisotopic (exact) mass is 616 g/mol. The van der Waals surface area contributed by atoms with E-state index in [0.29, 0.717) is 52.4 Å². The number of nitrogens with two attached hydrogens (primary N) is 1. The number of hydrogen-bond donors (Lipinski definition) is 1. The van der Waals surface area contributed by atoms with Crippen LogP contribution < -0.4 is 16.2 Å². The Morgan fingerprint density at radius 1 is 1.18 bits per heavy atom. The largest absolute Gasteiger partial charge is 0.471 e. The summed E-state index contributed by atoms with van der Waals surface area (Å²) < 4.78 is 21.5. The van der Waals surface area contributed by atoms with Crippen LogP contribution >= 0.6 is 11.3 Å². The Morgan fingerprint density at radius 2 is 1.98 bits per heavy atom. The number of aryl methyl sites for hydroxylation is 2. The smallest absolute Gasteiger partial charge is 0.330 e. The standard InChI is InChI=1S/C31H36N8O4S/c1-16(20-8-6-12-37(20)2)42-29-23-28(39(17-14-41-15-17)30(40)38(23)3)34-27(35-29)24-18-7-4-10-31(25(18)36-43-24)11-5-9-21-22(31)19(13-32)26(33)44-21/h16-17,20H,4-12,14-15,33H2,1-3H3/t16-,20-,31-/m0/s1. The zero-order valence-electron chi connectivity index (χ0n) is 25.3. The lowest BCUT2D eigenvalue weighted by molar-refractivity contribution is -0.0233. The van der Waals surface area contributed by atoms with E-state index in [1.807, 2.05) is 0 Å². The molecule has 2 aliphatic heterocycles. The van der Waals surface area contributed by atoms with E-state index in [1.54, 1.807) is 16.2 Å². The Hall–Kier alpha value is -3.73. The van der Waals surface area contributed by atoms with Crippen molar-refractivity contribution in [3.8, 4) is 23.5 Å². The SMILES string of the molecule is C[C@H](Oc1nc(-c2onc3c2CCC[C@@]32CCCc3sc(N)c(C#N)c32)nc2c1n(C)c(=O)n2C1COC1)[C@@H]1CCCN1C. The van der Waals surface area contributed by atoms with E-state index in [4.69, 9.17) is 34.9 Å². The van der Waals surface area contributed by atoms with E-state index in [1.165, 1.54) is 16.2 Å². The molecule has 0 aromatic carbocycles. The van der Waals surface area contributed by atoms with Gasteiger partial charge in [0.25, 0.3) is 0 Å². The van der Waals surface area contributed by atoms with Crippen molar-refractivity contribution < 1.29 is 14.0 Å². The van der Waals surface area contributed by atoms with E-state index in [-0.39, 0.29) is 23.9 Å². The zero-order chi connectivity index (χ0) is 30.3. The molecule has 3 atom stereocenters. The highest BCUT2D eigenvalue weighted by Gasteiger charge is 2.48. The van der Waals surface area contributed by atoms with Crippen molar-refractivity contribution >= 4 is 27.5 Å². The highest BCUT2D eigenvalue weighted by Crippen LogP contribution is 2.54. The Balaban J connectivity index is 1.30. The van der Waals surface area contributed by atoms with Crippen molar-refractivity contribution in [1.82, 2.24) is 29.2 Å². The van der Waals surface area contributed by atoms with Gasteiger partial charge in [-0.25, -0.2) is 9.78 Å². The van der Waals surface area contributed by atoms with Gasteiger partial charge in [0.1, 0.15) is 17.2 Å². The van der Waals surface area contributed by atoms with Crippen molar-refractivity contribution in [3.63, 3.8) is 0 Å². The Labute approximate surface area is 258 Å². The second-order valence-corrected chi connectivity index (χ2v) is 14.0. The van der Waals surface area contributed by atoms with Gasteiger partial charge >= 0.3 is 5.69 Å². The molecule has 0 amide bonds. The number of hydrogen-bond acceptors (Lipinski definition) is 11. The first-order valence-electron chi connectivity index (χ1n) is 15.6. The molecule has 2 fully saturated rings. The molecule has 230 valence electrons. The molecule has 12 nitrogen and oxygen atoms in total. The van der Waals surface area contributed by atoms with Crippen LogP contribution in [-0.2, 0) is 30.0 Å². The van der Waals surface area contributed by atoms with Crippen LogP contribution in [0.15, 0.2) is 9.32 Å². The summed E-state index contributed by atoms with van der Waals surface area (Å²) in [5.41, 5.74) is 10.2. The molecule has 13 heteroatoms. The van der Waals surface area contributed by atoms with Crippen LogP contribution in [0.25, 0.3) is 22.7 Å². The number of imidazole rings is 1. The Kier molecular flexibility index (Phi) is 6.41. The third-order valence-electron chi connectivity index (χ3n) is 10.4. The van der Waals surface area contributed by atoms with Gasteiger partial charge in [0.15, 0.2) is 11.2 Å². The third kappa shape index (κ3) is 3.87. The van der Waals surface area contributed by atoms with Crippen molar-refractivity contribution in [2.75, 3.05) is 32.5 Å². The highest BCUT2D eigenvalue weighted by molar-refractivity contribution is 7.16. The summed E-state index contributed by atoms with van der Waals surface area (Å²) in [4.78, 5) is 27.0. The summed E-state index contributed by atoms with van der Waals surface area (Å²) in [7, 11) is 3.86.